The van der Waals surface area contributed by atoms with Gasteiger partial charge in [-0.2, -0.15) is 0 Å². The summed E-state index contributed by atoms with van der Waals surface area (Å²) in [4.78, 5) is 86.7. The molecule has 0 aliphatic carbocycles. The number of hydrogen-bond donors (Lipinski definition) is 2. The van der Waals surface area contributed by atoms with Gasteiger partial charge in [0.1, 0.15) is 0 Å². The molecule has 2 N–H and O–H groups in total. The first-order valence-electron chi connectivity index (χ1n) is 19.8. The number of nitrogens with one attached hydrogen (secondary N) is 2. The molecular weight excluding hydrogens is 944 g/mol. The molecule has 1 radical (unpaired) electrons. The van der Waals surface area contributed by atoms with Crippen LogP contribution in [0.1, 0.15) is 22.8 Å². The van der Waals surface area contributed by atoms with E-state index in [4.69, 9.17) is 0 Å². The molecule has 331 valence electrons. The number of carboxylic acids is 3. The average molecular weight is 996 g/mol. The van der Waals surface area contributed by atoms with Gasteiger partial charge in [0.05, 0.1) is 53.8 Å². The average Bonchev–Trinajstić information content (AvgIpc) is 3.22. The van der Waals surface area contributed by atoms with Gasteiger partial charge in [0.2, 0.25) is 11.8 Å². The molecule has 62 heavy (non-hydrogen) atoms. The maximum atomic E-state index is 13.0. The first kappa shape index (κ1) is 51.4. The Labute approximate surface area is 393 Å². The third-order valence-electron chi connectivity index (χ3n) is 9.20. The summed E-state index contributed by atoms with van der Waals surface area (Å²) in [6.07, 6.45) is 6.80. The molecule has 0 fully saturated rings. The van der Waals surface area contributed by atoms with Gasteiger partial charge in [-0.15, -0.1) is 0 Å². The molecule has 0 unspecified atom stereocenters. The minimum Gasteiger partial charge on any atom is -0.549 e. The Morgan fingerprint density at radius 2 is 0.694 bits per heavy atom. The molecule has 0 aliphatic rings. The van der Waals surface area contributed by atoms with Crippen molar-refractivity contribution in [1.82, 2.24) is 55.1 Å². The second-order valence-corrected chi connectivity index (χ2v) is 14.2. The van der Waals surface area contributed by atoms with Gasteiger partial charge in [-0.05, 0) is 48.5 Å². The number of rotatable bonds is 30. The fourth-order valence-electron chi connectivity index (χ4n) is 6.35. The van der Waals surface area contributed by atoms with Crippen LogP contribution in [0.5, 0.6) is 0 Å². The molecule has 4 rings (SSSR count). The van der Waals surface area contributed by atoms with E-state index in [9.17, 15) is 39.3 Å². The van der Waals surface area contributed by atoms with Gasteiger partial charge in [-0.1, -0.05) is 24.3 Å². The molecule has 0 atom stereocenters. The van der Waals surface area contributed by atoms with Crippen LogP contribution in [0.2, 0.25) is 0 Å². The van der Waals surface area contributed by atoms with E-state index in [1.807, 2.05) is 72.8 Å². The molecule has 0 bridgehead atoms. The number of pyridine rings is 4. The third-order valence-corrected chi connectivity index (χ3v) is 9.20. The van der Waals surface area contributed by atoms with Crippen molar-refractivity contribution < 1.29 is 79.2 Å². The van der Waals surface area contributed by atoms with Crippen LogP contribution in [-0.2, 0) is 50.2 Å². The number of hydrogen-bond acceptors (Lipinski definition) is 17. The molecule has 0 spiro atoms. The van der Waals surface area contributed by atoms with Gasteiger partial charge in [-0.3, -0.25) is 54.0 Å². The largest absolute Gasteiger partial charge is 3.00 e. The van der Waals surface area contributed by atoms with Gasteiger partial charge in [0, 0.05) is 123 Å². The zero-order valence-electron chi connectivity index (χ0n) is 34.4. The predicted octanol–water partition coefficient (Wildman–Crippen LogP) is -3.64. The number of carbonyl (C=O) groups is 5. The zero-order chi connectivity index (χ0) is 43.7. The zero-order valence-corrected chi connectivity index (χ0v) is 36.7. The van der Waals surface area contributed by atoms with Gasteiger partial charge in [-0.25, -0.2) is 0 Å². The van der Waals surface area contributed by atoms with Crippen LogP contribution in [0.15, 0.2) is 97.6 Å². The van der Waals surface area contributed by atoms with Crippen molar-refractivity contribution in [3.8, 4) is 0 Å². The Kier molecular flexibility index (Phi) is 24.4. The fraction of sp³-hybridized carbons (Fsp3) is 0.405. The van der Waals surface area contributed by atoms with Crippen molar-refractivity contribution in [2.75, 3.05) is 85.1 Å². The molecule has 4 aromatic rings. The molecular formula is C42H52GdN11O8. The van der Waals surface area contributed by atoms with Crippen molar-refractivity contribution in [3.05, 3.63) is 120 Å². The van der Waals surface area contributed by atoms with Crippen molar-refractivity contribution in [2.24, 2.45) is 0 Å². The van der Waals surface area contributed by atoms with E-state index in [0.29, 0.717) is 39.3 Å². The van der Waals surface area contributed by atoms with Crippen LogP contribution < -0.4 is 26.0 Å². The van der Waals surface area contributed by atoms with E-state index in [1.165, 1.54) is 14.7 Å². The van der Waals surface area contributed by atoms with Crippen molar-refractivity contribution >= 4 is 29.7 Å². The molecule has 2 amide bonds. The second kappa shape index (κ2) is 29.4. The molecule has 0 aromatic carbocycles. The monoisotopic (exact) mass is 996 g/mol. The van der Waals surface area contributed by atoms with Gasteiger partial charge < -0.3 is 40.3 Å². The Bertz CT molecular complexity index is 1710. The maximum Gasteiger partial charge on any atom is 3.00 e. The van der Waals surface area contributed by atoms with Crippen molar-refractivity contribution in [1.29, 1.82) is 0 Å². The van der Waals surface area contributed by atoms with Crippen LogP contribution in [0.3, 0.4) is 0 Å². The number of aliphatic carboxylic acids is 3. The number of aromatic nitrogens is 4. The summed E-state index contributed by atoms with van der Waals surface area (Å²) >= 11 is 0. The minimum atomic E-state index is -1.43. The number of nitrogens with zero attached hydrogens (tertiary/aromatic N) is 9. The molecule has 4 heterocycles. The quantitative estimate of drug-likeness (QED) is 0.0512. The second-order valence-electron chi connectivity index (χ2n) is 14.2. The summed E-state index contributed by atoms with van der Waals surface area (Å²) in [6, 6.07) is 22.4. The molecule has 20 heteroatoms. The predicted molar refractivity (Wildman–Crippen MR) is 216 cm³/mol. The maximum absolute atomic E-state index is 13.0. The molecule has 0 aliphatic heterocycles. The summed E-state index contributed by atoms with van der Waals surface area (Å²) in [5.74, 6) is -5.19. The van der Waals surface area contributed by atoms with E-state index in [0.717, 1.165) is 22.8 Å². The Morgan fingerprint density at radius 3 is 0.968 bits per heavy atom. The van der Waals surface area contributed by atoms with Crippen molar-refractivity contribution in [2.45, 2.75) is 26.2 Å². The third kappa shape index (κ3) is 22.3. The van der Waals surface area contributed by atoms with E-state index >= 15 is 0 Å². The summed E-state index contributed by atoms with van der Waals surface area (Å²) in [6.45, 7) is 0.834. The van der Waals surface area contributed by atoms with Gasteiger partial charge >= 0.3 is 39.9 Å². The van der Waals surface area contributed by atoms with Crippen LogP contribution in [-0.4, -0.2) is 159 Å². The van der Waals surface area contributed by atoms with E-state index in [2.05, 4.69) is 40.4 Å². The molecule has 0 saturated carbocycles. The van der Waals surface area contributed by atoms with E-state index in [-0.39, 0.29) is 92.3 Å². The smallest absolute Gasteiger partial charge is 0.549 e. The van der Waals surface area contributed by atoms with Crippen LogP contribution in [0.4, 0.5) is 0 Å². The first-order chi connectivity index (χ1) is 29.5. The summed E-state index contributed by atoms with van der Waals surface area (Å²) < 4.78 is 0. The molecule has 0 saturated heterocycles. The Balaban J connectivity index is 0.0000102. The minimum absolute atomic E-state index is 0. The Hall–Kier alpha value is -4.93. The van der Waals surface area contributed by atoms with E-state index in [1.54, 1.807) is 24.8 Å². The van der Waals surface area contributed by atoms with Crippen LogP contribution >= 0.6 is 0 Å². The van der Waals surface area contributed by atoms with E-state index < -0.39 is 49.4 Å². The van der Waals surface area contributed by atoms with Crippen LogP contribution in [0.25, 0.3) is 0 Å². The summed E-state index contributed by atoms with van der Waals surface area (Å²) in [7, 11) is 0. The van der Waals surface area contributed by atoms with Gasteiger partial charge in [0.15, 0.2) is 0 Å². The first-order valence-corrected chi connectivity index (χ1v) is 19.8. The molecule has 4 aromatic heterocycles. The summed E-state index contributed by atoms with van der Waals surface area (Å²) in [5.41, 5.74) is 3.35. The van der Waals surface area contributed by atoms with Gasteiger partial charge in [0.25, 0.3) is 0 Å². The fourth-order valence-corrected chi connectivity index (χ4v) is 6.35. The normalized spacial score (nSPS) is 11.2. The SMILES string of the molecule is O=C([O-])CN(CCN(CC(=O)[O-])CC(=O)NCCN(Cc1ccccn1)Cc1ccccn1)CCN(CC(=O)[O-])CC(=O)NCCN(Cc1ccccn1)Cc1ccccn1.[Gd+3]. The Morgan fingerprint density at radius 1 is 0.403 bits per heavy atom. The number of amides is 2. The number of carbonyl (C=O) groups excluding carboxylic acids is 5. The summed E-state index contributed by atoms with van der Waals surface area (Å²) in [5, 5.41) is 40.6. The number of carboxylic acid groups (broad SMARTS) is 3. The van der Waals surface area contributed by atoms with Crippen molar-refractivity contribution in [3.63, 3.8) is 0 Å². The van der Waals surface area contributed by atoms with Crippen LogP contribution in [0, 0.1) is 39.9 Å². The molecule has 19 nitrogen and oxygen atoms in total. The standard InChI is InChI=1S/C42H55N11O8.Gd/c54-38(47-17-19-50(25-34-9-1-5-13-43-34)26-35-10-2-6-14-44-35)29-52(32-41(58)59)23-21-49(31-40(56)57)22-24-53(33-42(60)61)30-39(55)48-18-20-51(27-36-11-3-7-15-45-36)28-37-12-4-8-16-46-37;/h1-16H,17-33H2,(H,47,54)(H,48,55)(H,56,57)(H,58,59)(H,60,61);/q;+3/p-3. The topological polar surface area (TPSA) is 246 Å².